The van der Waals surface area contributed by atoms with E-state index in [2.05, 4.69) is 12.1 Å². The molecule has 0 unspecified atom stereocenters. The summed E-state index contributed by atoms with van der Waals surface area (Å²) in [6.45, 7) is 1.77. The van der Waals surface area contributed by atoms with Crippen LogP contribution in [0, 0.1) is 10.1 Å². The van der Waals surface area contributed by atoms with Gasteiger partial charge in [-0.15, -0.1) is 0 Å². The quantitative estimate of drug-likeness (QED) is 0.491. The molecule has 0 fully saturated rings. The molecule has 0 spiro atoms. The van der Waals surface area contributed by atoms with Crippen molar-refractivity contribution in [2.24, 2.45) is 0 Å². The Balaban J connectivity index is 1.71. The van der Waals surface area contributed by atoms with E-state index in [0.717, 1.165) is 13.1 Å². The number of hydrogen-bond acceptors (Lipinski definition) is 4. The highest BCUT2D eigenvalue weighted by Crippen LogP contribution is 2.22. The van der Waals surface area contributed by atoms with Crippen molar-refractivity contribution in [1.82, 2.24) is 4.90 Å². The lowest BCUT2D eigenvalue weighted by Gasteiger charge is -2.13. The highest BCUT2D eigenvalue weighted by Gasteiger charge is 2.21. The second kappa shape index (κ2) is 5.46. The Hall–Kier alpha value is -2.53. The van der Waals surface area contributed by atoms with Crippen LogP contribution in [0.1, 0.15) is 21.5 Å². The lowest BCUT2D eigenvalue weighted by atomic mass is 10.1. The van der Waals surface area contributed by atoms with Crippen LogP contribution in [0.3, 0.4) is 0 Å². The molecule has 1 aliphatic heterocycles. The second-order valence-corrected chi connectivity index (χ2v) is 5.14. The Labute approximate surface area is 122 Å². The number of benzene rings is 2. The van der Waals surface area contributed by atoms with Gasteiger partial charge in [-0.25, -0.2) is 0 Å². The Bertz CT molecular complexity index is 687. The fourth-order valence-electron chi connectivity index (χ4n) is 2.60. The highest BCUT2D eigenvalue weighted by molar-refractivity contribution is 5.98. The van der Waals surface area contributed by atoms with Gasteiger partial charge in [0.05, 0.1) is 11.5 Å². The van der Waals surface area contributed by atoms with E-state index in [-0.39, 0.29) is 18.0 Å². The molecule has 2 aromatic carbocycles. The Morgan fingerprint density at radius 2 is 1.76 bits per heavy atom. The third kappa shape index (κ3) is 2.83. The van der Waals surface area contributed by atoms with Crippen LogP contribution in [0.5, 0.6) is 0 Å². The van der Waals surface area contributed by atoms with Crippen molar-refractivity contribution in [3.63, 3.8) is 0 Å². The minimum atomic E-state index is -0.484. The number of hydrogen-bond donors (Lipinski definition) is 0. The van der Waals surface area contributed by atoms with Crippen molar-refractivity contribution < 1.29 is 9.72 Å². The molecule has 0 bridgehead atoms. The topological polar surface area (TPSA) is 63.5 Å². The molecule has 1 heterocycles. The Morgan fingerprint density at radius 1 is 1.10 bits per heavy atom. The van der Waals surface area contributed by atoms with Crippen molar-refractivity contribution >= 4 is 11.5 Å². The van der Waals surface area contributed by atoms with Crippen LogP contribution in [0.15, 0.2) is 48.5 Å². The van der Waals surface area contributed by atoms with Gasteiger partial charge in [0.2, 0.25) is 0 Å². The number of non-ortho nitro benzene ring substituents is 1. The molecule has 0 aliphatic carbocycles. The molecule has 0 saturated carbocycles. The first-order valence-corrected chi connectivity index (χ1v) is 6.70. The zero-order valence-electron chi connectivity index (χ0n) is 11.4. The van der Waals surface area contributed by atoms with Crippen LogP contribution in [-0.2, 0) is 13.1 Å². The largest absolute Gasteiger partial charge is 0.293 e. The fraction of sp³-hybridized carbons (Fsp3) is 0.188. The molecule has 106 valence electrons. The van der Waals surface area contributed by atoms with Crippen LogP contribution in [0.25, 0.3) is 0 Å². The number of carbonyl (C=O) groups excluding carboxylic acids is 1. The first kappa shape index (κ1) is 13.5. The molecule has 0 radical (unpaired) electrons. The number of rotatable bonds is 4. The molecular weight excluding hydrogens is 268 g/mol. The molecule has 3 rings (SSSR count). The lowest BCUT2D eigenvalue weighted by molar-refractivity contribution is -0.384. The smallest absolute Gasteiger partial charge is 0.270 e. The van der Waals surface area contributed by atoms with Gasteiger partial charge in [0.25, 0.3) is 5.69 Å². The van der Waals surface area contributed by atoms with Crippen molar-refractivity contribution in [2.45, 2.75) is 13.1 Å². The molecule has 0 N–H and O–H groups in total. The summed E-state index contributed by atoms with van der Waals surface area (Å²) in [5, 5.41) is 10.8. The van der Waals surface area contributed by atoms with Crippen LogP contribution in [0.4, 0.5) is 5.69 Å². The van der Waals surface area contributed by atoms with Gasteiger partial charge < -0.3 is 0 Å². The van der Waals surface area contributed by atoms with Crippen molar-refractivity contribution in [1.29, 1.82) is 0 Å². The highest BCUT2D eigenvalue weighted by atomic mass is 16.6. The molecule has 1 aliphatic rings. The van der Waals surface area contributed by atoms with Crippen LogP contribution >= 0.6 is 0 Å². The molecule has 21 heavy (non-hydrogen) atoms. The average Bonchev–Trinajstić information content (AvgIpc) is 2.89. The molecule has 0 atom stereocenters. The normalized spacial score (nSPS) is 13.9. The predicted molar refractivity (Wildman–Crippen MR) is 78.0 cm³/mol. The molecule has 0 amide bonds. The number of nitro groups is 1. The van der Waals surface area contributed by atoms with E-state index in [1.54, 1.807) is 12.1 Å². The van der Waals surface area contributed by atoms with Gasteiger partial charge in [0.1, 0.15) is 0 Å². The van der Waals surface area contributed by atoms with E-state index >= 15 is 0 Å². The summed E-state index contributed by atoms with van der Waals surface area (Å²) >= 11 is 0. The summed E-state index contributed by atoms with van der Waals surface area (Å²) in [6.07, 6.45) is 0. The molecule has 5 nitrogen and oxygen atoms in total. The average molecular weight is 282 g/mol. The van der Waals surface area contributed by atoms with Crippen LogP contribution < -0.4 is 0 Å². The predicted octanol–water partition coefficient (Wildman–Crippen LogP) is 2.79. The molecule has 0 saturated heterocycles. The molecular formula is C16H14N2O3. The summed E-state index contributed by atoms with van der Waals surface area (Å²) in [5.74, 6) is -0.0912. The van der Waals surface area contributed by atoms with E-state index in [1.165, 1.54) is 23.3 Å². The number of Topliss-reactive ketones (excluding diaryl/α,β-unsaturated/α-hetero) is 1. The Kier molecular flexibility index (Phi) is 3.50. The molecule has 2 aromatic rings. The lowest BCUT2D eigenvalue weighted by Crippen LogP contribution is -2.24. The first-order valence-electron chi connectivity index (χ1n) is 6.70. The van der Waals surface area contributed by atoms with E-state index in [1.807, 2.05) is 17.0 Å². The van der Waals surface area contributed by atoms with E-state index in [0.29, 0.717) is 5.56 Å². The summed E-state index contributed by atoms with van der Waals surface area (Å²) in [5.41, 5.74) is 2.82. The minimum absolute atomic E-state index is 0.0504. The maximum absolute atomic E-state index is 12.3. The first-order chi connectivity index (χ1) is 10.1. The van der Waals surface area contributed by atoms with E-state index in [9.17, 15) is 14.9 Å². The maximum Gasteiger partial charge on any atom is 0.270 e. The summed E-state index contributed by atoms with van der Waals surface area (Å²) < 4.78 is 0. The second-order valence-electron chi connectivity index (χ2n) is 5.14. The monoisotopic (exact) mass is 282 g/mol. The van der Waals surface area contributed by atoms with Crippen LogP contribution in [0.2, 0.25) is 0 Å². The third-order valence-electron chi connectivity index (χ3n) is 3.65. The van der Waals surface area contributed by atoms with Crippen molar-refractivity contribution in [3.8, 4) is 0 Å². The zero-order valence-corrected chi connectivity index (χ0v) is 11.4. The van der Waals surface area contributed by atoms with E-state index in [4.69, 9.17) is 0 Å². The fourth-order valence-corrected chi connectivity index (χ4v) is 2.60. The van der Waals surface area contributed by atoms with Gasteiger partial charge in [-0.1, -0.05) is 36.4 Å². The van der Waals surface area contributed by atoms with Crippen LogP contribution in [-0.4, -0.2) is 22.2 Å². The van der Waals surface area contributed by atoms with Gasteiger partial charge >= 0.3 is 0 Å². The number of ketones is 1. The number of nitro benzene ring substituents is 1. The summed E-state index contributed by atoms with van der Waals surface area (Å²) in [7, 11) is 0. The SMILES string of the molecule is O=C(CN1Cc2ccccc2C1)c1cccc([N+](=O)[O-])c1. The Morgan fingerprint density at radius 3 is 2.38 bits per heavy atom. The van der Waals surface area contributed by atoms with Gasteiger partial charge in [0.15, 0.2) is 5.78 Å². The van der Waals surface area contributed by atoms with Gasteiger partial charge in [-0.05, 0) is 11.1 Å². The van der Waals surface area contributed by atoms with E-state index < -0.39 is 4.92 Å². The molecule has 5 heteroatoms. The number of nitrogens with zero attached hydrogens (tertiary/aromatic N) is 2. The maximum atomic E-state index is 12.3. The number of fused-ring (bicyclic) bond motifs is 1. The van der Waals surface area contributed by atoms with Gasteiger partial charge in [-0.3, -0.25) is 19.8 Å². The number of carbonyl (C=O) groups is 1. The zero-order chi connectivity index (χ0) is 14.8. The van der Waals surface area contributed by atoms with Crippen molar-refractivity contribution in [3.05, 3.63) is 75.3 Å². The summed E-state index contributed by atoms with van der Waals surface area (Å²) in [4.78, 5) is 24.6. The van der Waals surface area contributed by atoms with Crippen molar-refractivity contribution in [2.75, 3.05) is 6.54 Å². The minimum Gasteiger partial charge on any atom is -0.293 e. The van der Waals surface area contributed by atoms with Gasteiger partial charge in [0, 0.05) is 30.8 Å². The van der Waals surface area contributed by atoms with Gasteiger partial charge in [-0.2, -0.15) is 0 Å². The molecule has 0 aromatic heterocycles. The summed E-state index contributed by atoms with van der Waals surface area (Å²) in [6, 6.07) is 14.0. The standard InChI is InChI=1S/C16H14N2O3/c19-16(12-6-3-7-15(8-12)18(20)21)11-17-9-13-4-1-2-5-14(13)10-17/h1-8H,9-11H2. The third-order valence-corrected chi connectivity index (χ3v) is 3.65.